The van der Waals surface area contributed by atoms with Crippen molar-refractivity contribution in [1.29, 1.82) is 0 Å². The van der Waals surface area contributed by atoms with Crippen molar-refractivity contribution >= 4 is 27.5 Å². The molecule has 0 unspecified atom stereocenters. The molecule has 0 aliphatic carbocycles. The number of aromatic nitrogens is 4. The lowest BCUT2D eigenvalue weighted by atomic mass is 10.2. The van der Waals surface area contributed by atoms with Crippen molar-refractivity contribution in [3.8, 4) is 11.4 Å². The van der Waals surface area contributed by atoms with Crippen molar-refractivity contribution in [3.63, 3.8) is 0 Å². The Hall–Kier alpha value is -2.54. The van der Waals surface area contributed by atoms with E-state index in [1.807, 2.05) is 54.6 Å². The molecule has 3 aromatic rings. The summed E-state index contributed by atoms with van der Waals surface area (Å²) in [5.74, 6) is 0.458. The Morgan fingerprint density at radius 2 is 1.83 bits per heavy atom. The molecule has 1 aromatic heterocycles. The first-order valence-electron chi connectivity index (χ1n) is 7.09. The van der Waals surface area contributed by atoms with Crippen molar-refractivity contribution < 1.29 is 4.79 Å². The summed E-state index contributed by atoms with van der Waals surface area (Å²) < 4.78 is 0.992. The molecule has 0 atom stereocenters. The van der Waals surface area contributed by atoms with E-state index in [9.17, 15) is 4.79 Å². The van der Waals surface area contributed by atoms with E-state index in [0.717, 1.165) is 15.7 Å². The third kappa shape index (κ3) is 4.23. The van der Waals surface area contributed by atoms with E-state index in [1.165, 1.54) is 4.80 Å². The van der Waals surface area contributed by atoms with Crippen LogP contribution in [-0.4, -0.2) is 26.1 Å². The molecule has 0 radical (unpaired) electrons. The predicted octanol–water partition coefficient (Wildman–Crippen LogP) is 3.13. The lowest BCUT2D eigenvalue weighted by Gasteiger charge is -2.03. The topological polar surface area (TPSA) is 72.7 Å². The van der Waals surface area contributed by atoms with Crippen LogP contribution in [0.3, 0.4) is 0 Å². The van der Waals surface area contributed by atoms with Crippen molar-refractivity contribution in [2.45, 2.75) is 13.0 Å². The summed E-state index contributed by atoms with van der Waals surface area (Å²) in [7, 11) is 0. The van der Waals surface area contributed by atoms with Gasteiger partial charge in [-0.2, -0.15) is 4.80 Å². The molecule has 0 saturated heterocycles. The van der Waals surface area contributed by atoms with Gasteiger partial charge in [0.25, 0.3) is 0 Å². The van der Waals surface area contributed by atoms with Gasteiger partial charge in [0, 0.05) is 22.1 Å². The van der Waals surface area contributed by atoms with Gasteiger partial charge >= 0.3 is 0 Å². The first-order valence-corrected chi connectivity index (χ1v) is 7.89. The molecule has 6 nitrogen and oxygen atoms in total. The van der Waals surface area contributed by atoms with Crippen LogP contribution in [0.25, 0.3) is 11.4 Å². The second-order valence-corrected chi connectivity index (χ2v) is 5.80. The van der Waals surface area contributed by atoms with E-state index in [-0.39, 0.29) is 12.3 Å². The molecule has 0 aliphatic rings. The lowest BCUT2D eigenvalue weighted by molar-refractivity contribution is -0.116. The van der Waals surface area contributed by atoms with Crippen LogP contribution in [0.4, 0.5) is 5.69 Å². The number of halogens is 1. The van der Waals surface area contributed by atoms with Gasteiger partial charge in [-0.25, -0.2) is 0 Å². The highest BCUT2D eigenvalue weighted by molar-refractivity contribution is 9.10. The number of nitrogens with one attached hydrogen (secondary N) is 1. The molecule has 23 heavy (non-hydrogen) atoms. The molecule has 0 bridgehead atoms. The highest BCUT2D eigenvalue weighted by Gasteiger charge is 2.08. The number of aryl methyl sites for hydroxylation is 1. The molecule has 0 saturated carbocycles. The number of para-hydroxylation sites is 1. The van der Waals surface area contributed by atoms with Crippen LogP contribution in [-0.2, 0) is 11.3 Å². The van der Waals surface area contributed by atoms with Gasteiger partial charge in [0.05, 0.1) is 6.54 Å². The van der Waals surface area contributed by atoms with Crippen molar-refractivity contribution in [2.24, 2.45) is 0 Å². The highest BCUT2D eigenvalue weighted by atomic mass is 79.9. The number of hydrogen-bond donors (Lipinski definition) is 1. The zero-order valence-corrected chi connectivity index (χ0v) is 13.8. The smallest absolute Gasteiger partial charge is 0.226 e. The van der Waals surface area contributed by atoms with Crippen molar-refractivity contribution in [2.75, 3.05) is 5.32 Å². The molecule has 3 rings (SSSR count). The van der Waals surface area contributed by atoms with E-state index in [1.54, 1.807) is 0 Å². The molecule has 1 amide bonds. The number of carbonyl (C=O) groups excluding carboxylic acids is 1. The monoisotopic (exact) mass is 371 g/mol. The summed E-state index contributed by atoms with van der Waals surface area (Å²) in [5, 5.41) is 15.1. The molecular formula is C16H14BrN5O. The second-order valence-electron chi connectivity index (χ2n) is 4.88. The summed E-state index contributed by atoms with van der Waals surface area (Å²) in [6.07, 6.45) is 0.283. The van der Waals surface area contributed by atoms with Crippen LogP contribution >= 0.6 is 15.9 Å². The van der Waals surface area contributed by atoms with Crippen LogP contribution < -0.4 is 5.32 Å². The number of amides is 1. The lowest BCUT2D eigenvalue weighted by Crippen LogP contribution is -2.15. The van der Waals surface area contributed by atoms with E-state index in [0.29, 0.717) is 12.4 Å². The Bertz CT molecular complexity index is 786. The molecule has 2 aromatic carbocycles. The predicted molar refractivity (Wildman–Crippen MR) is 90.6 cm³/mol. The average molecular weight is 372 g/mol. The number of anilines is 1. The minimum Gasteiger partial charge on any atom is -0.326 e. The maximum atomic E-state index is 11.9. The Kier molecular flexibility index (Phi) is 4.77. The fourth-order valence-corrected chi connectivity index (χ4v) is 2.26. The summed E-state index contributed by atoms with van der Waals surface area (Å²) in [6.45, 7) is 0.377. The largest absolute Gasteiger partial charge is 0.326 e. The molecule has 116 valence electrons. The normalized spacial score (nSPS) is 10.5. The molecule has 1 N–H and O–H groups in total. The van der Waals surface area contributed by atoms with Gasteiger partial charge in [-0.05, 0) is 41.6 Å². The number of carbonyl (C=O) groups is 1. The number of benzene rings is 2. The van der Waals surface area contributed by atoms with Gasteiger partial charge in [0.15, 0.2) is 0 Å². The Labute approximate surface area is 141 Å². The van der Waals surface area contributed by atoms with Crippen molar-refractivity contribution in [3.05, 3.63) is 59.1 Å². The number of tetrazole rings is 1. The van der Waals surface area contributed by atoms with Crippen LogP contribution in [0.2, 0.25) is 0 Å². The number of hydrogen-bond acceptors (Lipinski definition) is 4. The van der Waals surface area contributed by atoms with Crippen LogP contribution in [0.15, 0.2) is 59.1 Å². The van der Waals surface area contributed by atoms with Gasteiger partial charge in [-0.1, -0.05) is 34.1 Å². The summed E-state index contributed by atoms with van der Waals surface area (Å²) >= 11 is 3.39. The molecule has 0 spiro atoms. The van der Waals surface area contributed by atoms with Crippen LogP contribution in [0.5, 0.6) is 0 Å². The van der Waals surface area contributed by atoms with E-state index in [4.69, 9.17) is 0 Å². The number of rotatable bonds is 5. The van der Waals surface area contributed by atoms with E-state index < -0.39 is 0 Å². The van der Waals surface area contributed by atoms with Gasteiger partial charge < -0.3 is 5.32 Å². The fourth-order valence-electron chi connectivity index (χ4n) is 2.00. The van der Waals surface area contributed by atoms with Crippen LogP contribution in [0, 0.1) is 0 Å². The Morgan fingerprint density at radius 1 is 1.09 bits per heavy atom. The van der Waals surface area contributed by atoms with Gasteiger partial charge in [0.1, 0.15) is 0 Å². The molecule has 0 fully saturated rings. The SMILES string of the molecule is O=C(CCn1nnc(-c2ccc(Br)cc2)n1)Nc1ccccc1. The molecular weight excluding hydrogens is 358 g/mol. The molecule has 0 aliphatic heterocycles. The Balaban J connectivity index is 1.57. The van der Waals surface area contributed by atoms with Gasteiger partial charge in [0.2, 0.25) is 11.7 Å². The maximum Gasteiger partial charge on any atom is 0.226 e. The minimum absolute atomic E-state index is 0.0845. The van der Waals surface area contributed by atoms with Gasteiger partial charge in [-0.3, -0.25) is 4.79 Å². The second kappa shape index (κ2) is 7.15. The standard InChI is InChI=1S/C16H14BrN5O/c17-13-8-6-12(7-9-13)16-19-21-22(20-16)11-10-15(23)18-14-4-2-1-3-5-14/h1-9H,10-11H2,(H,18,23). The van der Waals surface area contributed by atoms with E-state index in [2.05, 4.69) is 36.7 Å². The zero-order chi connectivity index (χ0) is 16.1. The molecule has 7 heteroatoms. The average Bonchev–Trinajstić information content (AvgIpc) is 3.04. The fraction of sp³-hybridized carbons (Fsp3) is 0.125. The summed E-state index contributed by atoms with van der Waals surface area (Å²) in [5.41, 5.74) is 1.66. The Morgan fingerprint density at radius 3 is 2.57 bits per heavy atom. The van der Waals surface area contributed by atoms with Gasteiger partial charge in [-0.15, -0.1) is 10.2 Å². The minimum atomic E-state index is -0.0845. The highest BCUT2D eigenvalue weighted by Crippen LogP contribution is 2.17. The third-order valence-electron chi connectivity index (χ3n) is 3.15. The summed E-state index contributed by atoms with van der Waals surface area (Å²) in [6, 6.07) is 17.0. The number of nitrogens with zero attached hydrogens (tertiary/aromatic N) is 4. The zero-order valence-electron chi connectivity index (χ0n) is 12.2. The van der Waals surface area contributed by atoms with Crippen molar-refractivity contribution in [1.82, 2.24) is 20.2 Å². The first-order chi connectivity index (χ1) is 11.2. The quantitative estimate of drug-likeness (QED) is 0.747. The maximum absolute atomic E-state index is 11.9. The first kappa shape index (κ1) is 15.4. The third-order valence-corrected chi connectivity index (χ3v) is 3.68. The van der Waals surface area contributed by atoms with E-state index >= 15 is 0 Å². The van der Waals surface area contributed by atoms with Crippen LogP contribution in [0.1, 0.15) is 6.42 Å². The molecule has 1 heterocycles. The summed E-state index contributed by atoms with van der Waals surface area (Å²) in [4.78, 5) is 13.3.